The zero-order valence-corrected chi connectivity index (χ0v) is 17.6. The molecule has 0 radical (unpaired) electrons. The molecule has 11 heteroatoms. The summed E-state index contributed by atoms with van der Waals surface area (Å²) in [4.78, 5) is 14.5. The van der Waals surface area contributed by atoms with Crippen LogP contribution in [0.5, 0.6) is 11.8 Å². The Labute approximate surface area is 184 Å². The first-order valence-corrected chi connectivity index (χ1v) is 10.3. The van der Waals surface area contributed by atoms with Crippen LogP contribution in [0.25, 0.3) is 17.1 Å². The van der Waals surface area contributed by atoms with Crippen LogP contribution in [0.2, 0.25) is 0 Å². The Hall–Kier alpha value is -3.28. The fraction of sp³-hybridized carbons (Fsp3) is 0.381. The van der Waals surface area contributed by atoms with Gasteiger partial charge in [0.15, 0.2) is 5.82 Å². The van der Waals surface area contributed by atoms with Gasteiger partial charge in [0.25, 0.3) is 0 Å². The highest BCUT2D eigenvalue weighted by molar-refractivity contribution is 5.61. The van der Waals surface area contributed by atoms with Crippen molar-refractivity contribution in [2.45, 2.75) is 6.10 Å². The maximum atomic E-state index is 12.0. The van der Waals surface area contributed by atoms with Crippen molar-refractivity contribution in [3.8, 4) is 28.8 Å². The van der Waals surface area contributed by atoms with Crippen LogP contribution in [0.15, 0.2) is 42.6 Å². The lowest BCUT2D eigenvalue weighted by molar-refractivity contribution is -0.161. The number of nitrogens with zero attached hydrogens (tertiary/aromatic N) is 5. The summed E-state index contributed by atoms with van der Waals surface area (Å²) in [5.41, 5.74) is 1.66. The average molecular weight is 444 g/mol. The fourth-order valence-corrected chi connectivity index (χ4v) is 3.32. The van der Waals surface area contributed by atoms with E-state index < -0.39 is 12.7 Å². The van der Waals surface area contributed by atoms with Crippen LogP contribution >= 0.6 is 0 Å². The number of hydrogen-bond donors (Lipinski definition) is 2. The number of aromatic nitrogens is 4. The maximum Gasteiger partial charge on any atom is 0.320 e. The van der Waals surface area contributed by atoms with Gasteiger partial charge in [-0.05, 0) is 22.7 Å². The molecule has 1 aliphatic rings. The molecule has 1 saturated heterocycles. The molecule has 2 aromatic heterocycles. The van der Waals surface area contributed by atoms with Gasteiger partial charge >= 0.3 is 6.01 Å². The van der Waals surface area contributed by atoms with E-state index in [1.54, 1.807) is 18.0 Å². The number of benzene rings is 1. The molecule has 32 heavy (non-hydrogen) atoms. The normalized spacial score (nSPS) is 14.9. The Bertz CT molecular complexity index is 1030. The van der Waals surface area contributed by atoms with Crippen LogP contribution < -0.4 is 19.7 Å². The second-order valence-corrected chi connectivity index (χ2v) is 7.22. The monoisotopic (exact) mass is 444 g/mol. The van der Waals surface area contributed by atoms with Gasteiger partial charge in [-0.3, -0.25) is 0 Å². The van der Waals surface area contributed by atoms with E-state index in [4.69, 9.17) is 9.47 Å². The zero-order chi connectivity index (χ0) is 22.3. The highest BCUT2D eigenvalue weighted by atomic mass is 19.3. The number of aliphatic hydroxyl groups is 1. The molecule has 3 heterocycles. The van der Waals surface area contributed by atoms with E-state index in [-0.39, 0.29) is 12.6 Å². The Morgan fingerprint density at radius 1 is 1.12 bits per heavy atom. The smallest absolute Gasteiger partial charge is 0.320 e. The third-order valence-corrected chi connectivity index (χ3v) is 4.97. The molecule has 3 aromatic rings. The molecule has 0 spiro atoms. The van der Waals surface area contributed by atoms with Crippen molar-refractivity contribution in [3.63, 3.8) is 0 Å². The second kappa shape index (κ2) is 10.4. The van der Waals surface area contributed by atoms with Crippen molar-refractivity contribution < 1.29 is 24.0 Å². The summed E-state index contributed by atoms with van der Waals surface area (Å²) < 4.78 is 24.4. The molecule has 170 valence electrons. The quantitative estimate of drug-likeness (QED) is 0.506. The minimum atomic E-state index is -1.14. The van der Waals surface area contributed by atoms with Gasteiger partial charge in [0.2, 0.25) is 0 Å². The topological polar surface area (TPSA) is 107 Å². The Kier molecular flexibility index (Phi) is 7.10. The summed E-state index contributed by atoms with van der Waals surface area (Å²) in [6.07, 6.45) is 0.660. The lowest BCUT2D eigenvalue weighted by Crippen LogP contribution is -2.44. The van der Waals surface area contributed by atoms with Gasteiger partial charge in [0, 0.05) is 44.0 Å². The Morgan fingerprint density at radius 2 is 1.94 bits per heavy atom. The van der Waals surface area contributed by atoms with Crippen molar-refractivity contribution in [1.29, 1.82) is 0 Å². The van der Waals surface area contributed by atoms with Crippen molar-refractivity contribution in [2.24, 2.45) is 0 Å². The Balaban J connectivity index is 1.63. The summed E-state index contributed by atoms with van der Waals surface area (Å²) in [6, 6.07) is 11.4. The standard InChI is InChI=1S/C21H25FN6O4/c1-30-17-4-2-3-15(11-17)18-5-8-28(26-18)20-12-19(27-9-6-23-7-10-27)24-21(25-20)31-13-16(29)14-32-22/h2-5,8,11-12,16,23,29H,6-7,9-10,13-14H2,1H3. The number of methoxy groups -OCH3 is 1. The molecule has 0 aliphatic carbocycles. The van der Waals surface area contributed by atoms with Crippen molar-refractivity contribution in [3.05, 3.63) is 42.6 Å². The SMILES string of the molecule is COc1cccc(-c2ccn(-c3cc(N4CCNCC4)nc(OCC(O)COF)n3)n2)c1. The third-order valence-electron chi connectivity index (χ3n) is 4.97. The molecule has 1 aromatic carbocycles. The molecule has 1 unspecified atom stereocenters. The molecule has 1 aliphatic heterocycles. The van der Waals surface area contributed by atoms with Crippen LogP contribution in [-0.4, -0.2) is 77.5 Å². The first kappa shape index (κ1) is 21.9. The lowest BCUT2D eigenvalue weighted by atomic mass is 10.1. The van der Waals surface area contributed by atoms with Gasteiger partial charge in [0.05, 0.1) is 12.8 Å². The van der Waals surface area contributed by atoms with Crippen LogP contribution in [0.1, 0.15) is 0 Å². The summed E-state index contributed by atoms with van der Waals surface area (Å²) in [5, 5.41) is 17.6. The molecule has 1 fully saturated rings. The molecule has 0 amide bonds. The second-order valence-electron chi connectivity index (χ2n) is 7.22. The van der Waals surface area contributed by atoms with E-state index in [1.165, 1.54) is 0 Å². The fourth-order valence-electron chi connectivity index (χ4n) is 3.32. The number of piperazine rings is 1. The van der Waals surface area contributed by atoms with E-state index >= 15 is 0 Å². The number of anilines is 1. The summed E-state index contributed by atoms with van der Waals surface area (Å²) >= 11 is 0. The first-order chi connectivity index (χ1) is 15.7. The highest BCUT2D eigenvalue weighted by Crippen LogP contribution is 2.24. The van der Waals surface area contributed by atoms with Crippen molar-refractivity contribution in [2.75, 3.05) is 51.4 Å². The zero-order valence-electron chi connectivity index (χ0n) is 17.6. The molecule has 4 rings (SSSR count). The number of ether oxygens (including phenoxy) is 2. The molecular weight excluding hydrogens is 419 g/mol. The van der Waals surface area contributed by atoms with Crippen molar-refractivity contribution in [1.82, 2.24) is 25.1 Å². The van der Waals surface area contributed by atoms with Gasteiger partial charge < -0.3 is 24.8 Å². The van der Waals surface area contributed by atoms with Crippen molar-refractivity contribution >= 4 is 5.82 Å². The molecule has 1 atom stereocenters. The molecular formula is C21H25FN6O4. The number of aliphatic hydroxyl groups excluding tert-OH is 1. The molecule has 0 bridgehead atoms. The molecule has 0 saturated carbocycles. The van der Waals surface area contributed by atoms with Crippen LogP contribution in [-0.2, 0) is 4.94 Å². The van der Waals surface area contributed by atoms with Crippen LogP contribution in [0, 0.1) is 0 Å². The average Bonchev–Trinajstić information content (AvgIpc) is 3.34. The molecule has 2 N–H and O–H groups in total. The highest BCUT2D eigenvalue weighted by Gasteiger charge is 2.17. The van der Waals surface area contributed by atoms with Gasteiger partial charge in [-0.25, -0.2) is 4.68 Å². The van der Waals surface area contributed by atoms with Gasteiger partial charge in [0.1, 0.15) is 30.9 Å². The lowest BCUT2D eigenvalue weighted by Gasteiger charge is -2.28. The number of hydrogen-bond acceptors (Lipinski definition) is 9. The van der Waals surface area contributed by atoms with Gasteiger partial charge in [-0.2, -0.15) is 20.0 Å². The molecule has 10 nitrogen and oxygen atoms in total. The largest absolute Gasteiger partial charge is 0.497 e. The van der Waals surface area contributed by atoms with Gasteiger partial charge in [-0.15, -0.1) is 0 Å². The number of nitrogens with one attached hydrogen (secondary N) is 1. The van der Waals surface area contributed by atoms with E-state index in [9.17, 15) is 9.63 Å². The summed E-state index contributed by atoms with van der Waals surface area (Å²) in [6.45, 7) is 2.54. The van der Waals surface area contributed by atoms with E-state index in [0.717, 1.165) is 43.2 Å². The van der Waals surface area contributed by atoms with Gasteiger partial charge in [-0.1, -0.05) is 12.1 Å². The summed E-state index contributed by atoms with van der Waals surface area (Å²) in [5.74, 6) is 1.93. The summed E-state index contributed by atoms with van der Waals surface area (Å²) in [7, 11) is 1.62. The minimum absolute atomic E-state index is 0.0624. The predicted molar refractivity (Wildman–Crippen MR) is 115 cm³/mol. The number of halogens is 1. The third kappa shape index (κ3) is 5.31. The Morgan fingerprint density at radius 3 is 2.72 bits per heavy atom. The van der Waals surface area contributed by atoms with Crippen LogP contribution in [0.4, 0.5) is 10.3 Å². The first-order valence-electron chi connectivity index (χ1n) is 10.3. The van der Waals surface area contributed by atoms with E-state index in [0.29, 0.717) is 11.6 Å². The predicted octanol–water partition coefficient (Wildman–Crippen LogP) is 1.39. The van der Waals surface area contributed by atoms with Crippen LogP contribution in [0.3, 0.4) is 0 Å². The van der Waals surface area contributed by atoms with E-state index in [1.807, 2.05) is 36.4 Å². The number of rotatable bonds is 9. The maximum absolute atomic E-state index is 12.0. The minimum Gasteiger partial charge on any atom is -0.497 e. The van der Waals surface area contributed by atoms with E-state index in [2.05, 4.69) is 30.2 Å².